The van der Waals surface area contributed by atoms with Gasteiger partial charge in [0.05, 0.1) is 17.0 Å². The van der Waals surface area contributed by atoms with Crippen LogP contribution in [0, 0.1) is 0 Å². The van der Waals surface area contributed by atoms with Gasteiger partial charge in [-0.2, -0.15) is 4.55 Å². The number of para-hydroxylation sites is 1. The van der Waals surface area contributed by atoms with Crippen LogP contribution in [0.5, 0.6) is 5.75 Å². The zero-order chi connectivity index (χ0) is 26.2. The predicted molar refractivity (Wildman–Crippen MR) is 148 cm³/mol. The van der Waals surface area contributed by atoms with Crippen LogP contribution in [0.2, 0.25) is 0 Å². The Hall–Kier alpha value is -2.07. The highest BCUT2D eigenvalue weighted by atomic mass is 32.3. The summed E-state index contributed by atoms with van der Waals surface area (Å²) in [5.74, 6) is -0.0908. The molecule has 1 aliphatic rings. The second-order valence-electron chi connectivity index (χ2n) is 9.10. The first-order valence-corrected chi connectivity index (χ1v) is 15.4. The first-order chi connectivity index (χ1) is 17.3. The summed E-state index contributed by atoms with van der Waals surface area (Å²) >= 11 is 1.47. The third kappa shape index (κ3) is 6.82. The molecule has 0 fully saturated rings. The number of carbonyl (C=O) groups is 1. The van der Waals surface area contributed by atoms with Gasteiger partial charge in [-0.15, -0.1) is 11.8 Å². The van der Waals surface area contributed by atoms with Crippen molar-refractivity contribution in [3.8, 4) is 5.75 Å². The number of hydrogen-bond acceptors (Lipinski definition) is 6. The van der Waals surface area contributed by atoms with Crippen LogP contribution in [0.25, 0.3) is 0 Å². The highest BCUT2D eigenvalue weighted by Crippen LogP contribution is 2.45. The van der Waals surface area contributed by atoms with E-state index < -0.39 is 21.9 Å². The molecule has 198 valence electrons. The SMILES string of the molecule is CCCCC1(CCCC)CN(c2ccccc2)c2cc(SC)c(OCC(=O)OCC)cc2[S+](=O)(O)N1. The molecule has 36 heavy (non-hydrogen) atoms. The van der Waals surface area contributed by atoms with Crippen molar-refractivity contribution < 1.29 is 23.0 Å². The Morgan fingerprint density at radius 1 is 1.14 bits per heavy atom. The molecule has 0 radical (unpaired) electrons. The molecule has 0 amide bonds. The van der Waals surface area contributed by atoms with E-state index in [2.05, 4.69) is 23.5 Å². The highest BCUT2D eigenvalue weighted by Gasteiger charge is 2.49. The zero-order valence-electron chi connectivity index (χ0n) is 21.7. The van der Waals surface area contributed by atoms with Gasteiger partial charge in [0.25, 0.3) is 0 Å². The largest absolute Gasteiger partial charge is 0.481 e. The van der Waals surface area contributed by atoms with Crippen LogP contribution < -0.4 is 14.4 Å². The molecular weight excluding hydrogens is 496 g/mol. The van der Waals surface area contributed by atoms with Crippen LogP contribution in [0.4, 0.5) is 11.4 Å². The van der Waals surface area contributed by atoms with Crippen LogP contribution in [-0.2, 0) is 24.1 Å². The monoisotopic (exact) mass is 535 g/mol. The van der Waals surface area contributed by atoms with Gasteiger partial charge in [-0.25, -0.2) is 4.79 Å². The topological polar surface area (TPSA) is 88.1 Å². The molecule has 1 unspecified atom stereocenters. The summed E-state index contributed by atoms with van der Waals surface area (Å²) < 4.78 is 39.5. The first kappa shape index (κ1) is 28.5. The van der Waals surface area contributed by atoms with Crippen molar-refractivity contribution in [2.75, 3.05) is 30.9 Å². The highest BCUT2D eigenvalue weighted by molar-refractivity contribution is 7.98. The lowest BCUT2D eigenvalue weighted by Gasteiger charge is -2.35. The average Bonchev–Trinajstić information content (AvgIpc) is 2.97. The zero-order valence-corrected chi connectivity index (χ0v) is 23.4. The van der Waals surface area contributed by atoms with Crippen molar-refractivity contribution in [3.05, 3.63) is 42.5 Å². The van der Waals surface area contributed by atoms with Gasteiger partial charge < -0.3 is 14.4 Å². The summed E-state index contributed by atoms with van der Waals surface area (Å²) in [7, 11) is -3.63. The molecule has 1 heterocycles. The van der Waals surface area contributed by atoms with Gasteiger partial charge in [0.15, 0.2) is 6.61 Å². The van der Waals surface area contributed by atoms with Crippen LogP contribution in [0.3, 0.4) is 0 Å². The van der Waals surface area contributed by atoms with E-state index in [1.54, 1.807) is 13.0 Å². The van der Waals surface area contributed by atoms with Gasteiger partial charge in [0.1, 0.15) is 11.4 Å². The second kappa shape index (κ2) is 12.9. The number of ether oxygens (including phenoxy) is 2. The van der Waals surface area contributed by atoms with E-state index >= 15 is 0 Å². The molecule has 1 atom stereocenters. The number of fused-ring (bicyclic) bond motifs is 1. The standard InChI is InChI=1S/C27H38N2O5S2/c1-5-8-15-27(16-9-6-2)20-29(21-13-11-10-12-14-21)22-17-24(35-4)23(34-19-26(30)33-7-3)18-25(22)36(31,32)28-27/h10-14,17-18H,5-9,15-16,19-20H2,1-4H3,(H-,28,31,32)/p+1. The lowest BCUT2D eigenvalue weighted by atomic mass is 9.87. The Morgan fingerprint density at radius 2 is 1.81 bits per heavy atom. The summed E-state index contributed by atoms with van der Waals surface area (Å²) in [5.41, 5.74) is 1.09. The number of nitrogens with one attached hydrogen (secondary N) is 1. The number of carbonyl (C=O) groups excluding carboxylic acids is 1. The third-order valence-corrected chi connectivity index (χ3v) is 8.78. The van der Waals surface area contributed by atoms with E-state index in [1.807, 2.05) is 42.7 Å². The van der Waals surface area contributed by atoms with Crippen molar-refractivity contribution in [2.45, 2.75) is 74.6 Å². The number of unbranched alkanes of at least 4 members (excludes halogenated alkanes) is 2. The molecular formula is C27H39N2O5S2+. The van der Waals surface area contributed by atoms with Crippen molar-refractivity contribution >= 4 is 39.5 Å². The number of hydrogen-bond donors (Lipinski definition) is 2. The normalized spacial score (nSPS) is 18.9. The summed E-state index contributed by atoms with van der Waals surface area (Å²) in [6.07, 6.45) is 7.42. The molecule has 1 aliphatic heterocycles. The Labute approximate surface area is 220 Å². The Bertz CT molecular complexity index is 1060. The molecule has 0 aromatic heterocycles. The van der Waals surface area contributed by atoms with Crippen LogP contribution in [-0.4, -0.2) is 42.1 Å². The van der Waals surface area contributed by atoms with Gasteiger partial charge in [-0.3, -0.25) is 0 Å². The molecule has 2 aromatic carbocycles. The van der Waals surface area contributed by atoms with Gasteiger partial charge >= 0.3 is 16.4 Å². The summed E-state index contributed by atoms with van der Waals surface area (Å²) in [6.45, 7) is 6.59. The van der Waals surface area contributed by atoms with E-state index in [4.69, 9.17) is 9.47 Å². The van der Waals surface area contributed by atoms with Crippen molar-refractivity contribution in [1.82, 2.24) is 4.72 Å². The average molecular weight is 536 g/mol. The number of anilines is 2. The summed E-state index contributed by atoms with van der Waals surface area (Å²) in [6, 6.07) is 13.5. The number of nitrogens with zero attached hydrogens (tertiary/aromatic N) is 1. The Morgan fingerprint density at radius 3 is 2.39 bits per heavy atom. The minimum Gasteiger partial charge on any atom is -0.481 e. The second-order valence-corrected chi connectivity index (χ2v) is 11.6. The summed E-state index contributed by atoms with van der Waals surface area (Å²) in [5, 5.41) is 0. The van der Waals surface area contributed by atoms with E-state index in [0.717, 1.165) is 49.1 Å². The molecule has 0 aliphatic carbocycles. The lowest BCUT2D eigenvalue weighted by molar-refractivity contribution is -0.145. The van der Waals surface area contributed by atoms with Gasteiger partial charge in [-0.05, 0) is 48.4 Å². The Kier molecular flexibility index (Phi) is 10.2. The quantitative estimate of drug-likeness (QED) is 0.183. The van der Waals surface area contributed by atoms with E-state index in [9.17, 15) is 13.6 Å². The smallest absolute Gasteiger partial charge is 0.344 e. The van der Waals surface area contributed by atoms with Gasteiger partial charge in [-0.1, -0.05) is 62.5 Å². The molecule has 7 nitrogen and oxygen atoms in total. The first-order valence-electron chi connectivity index (χ1n) is 12.7. The van der Waals surface area contributed by atoms with Crippen molar-refractivity contribution in [3.63, 3.8) is 0 Å². The fourth-order valence-electron chi connectivity index (χ4n) is 4.60. The number of thioether (sulfide) groups is 1. The van der Waals surface area contributed by atoms with Crippen molar-refractivity contribution in [2.24, 2.45) is 0 Å². The predicted octanol–water partition coefficient (Wildman–Crippen LogP) is 6.46. The van der Waals surface area contributed by atoms with Gasteiger partial charge in [0, 0.05) is 18.3 Å². The molecule has 3 rings (SSSR count). The lowest BCUT2D eigenvalue weighted by Crippen LogP contribution is -2.54. The molecule has 0 bridgehead atoms. The van der Waals surface area contributed by atoms with E-state index in [-0.39, 0.29) is 18.1 Å². The van der Waals surface area contributed by atoms with Gasteiger partial charge in [0.2, 0.25) is 4.90 Å². The van der Waals surface area contributed by atoms with Crippen LogP contribution in [0.1, 0.15) is 59.3 Å². The van der Waals surface area contributed by atoms with Crippen molar-refractivity contribution in [1.29, 1.82) is 0 Å². The maximum Gasteiger partial charge on any atom is 0.344 e. The number of benzene rings is 2. The minimum atomic E-state index is -3.63. The fraction of sp³-hybridized carbons (Fsp3) is 0.519. The minimum absolute atomic E-state index is 0.262. The number of esters is 1. The molecule has 9 heteroatoms. The number of rotatable bonds is 12. The van der Waals surface area contributed by atoms with E-state index in [0.29, 0.717) is 18.0 Å². The van der Waals surface area contributed by atoms with Crippen LogP contribution >= 0.6 is 11.8 Å². The van der Waals surface area contributed by atoms with Crippen LogP contribution in [0.15, 0.2) is 52.3 Å². The maximum absolute atomic E-state index is 14.0. The molecule has 0 saturated carbocycles. The molecule has 2 N–H and O–H groups in total. The molecule has 0 spiro atoms. The third-order valence-electron chi connectivity index (χ3n) is 6.39. The summed E-state index contributed by atoms with van der Waals surface area (Å²) in [4.78, 5) is 15.1. The molecule has 2 aromatic rings. The van der Waals surface area contributed by atoms with E-state index in [1.165, 1.54) is 11.8 Å². The maximum atomic E-state index is 14.0. The molecule has 0 saturated heterocycles. The fourth-order valence-corrected chi connectivity index (χ4v) is 6.83. The Balaban J connectivity index is 2.16.